The molecule has 0 saturated heterocycles. The van der Waals surface area contributed by atoms with Gasteiger partial charge in [-0.3, -0.25) is 0 Å². The molecule has 0 fully saturated rings. The largest absolute Gasteiger partial charge is 0.107 e. The van der Waals surface area contributed by atoms with Crippen LogP contribution in [0.5, 0.6) is 0 Å². The maximum absolute atomic E-state index is 5.11. The summed E-state index contributed by atoms with van der Waals surface area (Å²) in [5.41, 5.74) is 0. The number of hydrogen-bond donors (Lipinski definition) is 0. The van der Waals surface area contributed by atoms with Gasteiger partial charge in [-0.2, -0.15) is 0 Å². The average molecular weight is 141 g/mol. The van der Waals surface area contributed by atoms with Gasteiger partial charge in [-0.15, -0.1) is 0 Å². The molecule has 0 amide bonds. The van der Waals surface area contributed by atoms with Crippen molar-refractivity contribution in [2.75, 3.05) is 0 Å². The van der Waals surface area contributed by atoms with Gasteiger partial charge in [0.1, 0.15) is 4.49 Å². The Hall–Kier alpha value is 0.410. The van der Waals surface area contributed by atoms with Crippen LogP contribution in [0.1, 0.15) is 0 Å². The van der Waals surface area contributed by atoms with Crippen molar-refractivity contribution in [3.8, 4) is 0 Å². The molecule has 0 N–H and O–H groups in total. The van der Waals surface area contributed by atoms with Crippen molar-refractivity contribution in [2.45, 2.75) is 0 Å². The minimum Gasteiger partial charge on any atom is -0.0886 e. The van der Waals surface area contributed by atoms with Gasteiger partial charge >= 0.3 is 0 Å². The van der Waals surface area contributed by atoms with Gasteiger partial charge in [0, 0.05) is 5.37 Å². The number of allylic oxidation sites excluding steroid dienone is 1. The van der Waals surface area contributed by atoms with Crippen LogP contribution in [0, 0.1) is 0 Å². The molecule has 0 radical (unpaired) electrons. The van der Waals surface area contributed by atoms with Crippen LogP contribution in [-0.2, 0) is 0 Å². The van der Waals surface area contributed by atoms with Crippen LogP contribution in [0.25, 0.3) is 0 Å². The van der Waals surface area contributed by atoms with Crippen molar-refractivity contribution < 1.29 is 0 Å². The predicted molar refractivity (Wildman–Crippen MR) is 33.4 cm³/mol. The Balaban J connectivity index is 3.41. The number of hydrogen-bond acceptors (Lipinski definition) is 1. The highest BCUT2D eigenvalue weighted by atomic mass is 35.5. The maximum atomic E-state index is 5.11. The molecule has 0 aromatic rings. The van der Waals surface area contributed by atoms with Gasteiger partial charge in [0.25, 0.3) is 0 Å². The Kier molecular flexibility index (Phi) is 3.84. The standard InChI is InChI=1S/C3H2Cl2S/c4-3(5)1-2-6/h1-2H. The third-order valence-electron chi connectivity index (χ3n) is 0.194. The normalized spacial score (nSPS) is 7.00. The summed E-state index contributed by atoms with van der Waals surface area (Å²) in [5.74, 6) is 0. The summed E-state index contributed by atoms with van der Waals surface area (Å²) in [4.78, 5) is 0. The first-order valence-electron chi connectivity index (χ1n) is 1.24. The first-order valence-corrected chi connectivity index (χ1v) is 2.46. The van der Waals surface area contributed by atoms with E-state index in [2.05, 4.69) is 12.2 Å². The van der Waals surface area contributed by atoms with Crippen LogP contribution in [0.15, 0.2) is 10.6 Å². The minimum atomic E-state index is 0.199. The van der Waals surface area contributed by atoms with Crippen LogP contribution in [-0.4, -0.2) is 5.37 Å². The Labute approximate surface area is 51.7 Å². The molecule has 0 aromatic heterocycles. The summed E-state index contributed by atoms with van der Waals surface area (Å²) in [6, 6.07) is 0. The Morgan fingerprint density at radius 1 is 1.50 bits per heavy atom. The van der Waals surface area contributed by atoms with Crippen LogP contribution < -0.4 is 0 Å². The zero-order valence-electron chi connectivity index (χ0n) is 2.82. The Bertz CT molecular complexity index is 72.9. The van der Waals surface area contributed by atoms with E-state index in [-0.39, 0.29) is 4.49 Å². The van der Waals surface area contributed by atoms with E-state index < -0.39 is 0 Å². The van der Waals surface area contributed by atoms with E-state index >= 15 is 0 Å². The van der Waals surface area contributed by atoms with Gasteiger partial charge in [0.05, 0.1) is 0 Å². The van der Waals surface area contributed by atoms with E-state index in [1.807, 2.05) is 0 Å². The smallest absolute Gasteiger partial charge is 0.0886 e. The van der Waals surface area contributed by atoms with Crippen molar-refractivity contribution in [2.24, 2.45) is 0 Å². The van der Waals surface area contributed by atoms with Crippen LogP contribution in [0.3, 0.4) is 0 Å². The maximum Gasteiger partial charge on any atom is 0.107 e. The van der Waals surface area contributed by atoms with E-state index in [1.165, 1.54) is 11.4 Å². The summed E-state index contributed by atoms with van der Waals surface area (Å²) in [6.45, 7) is 0. The van der Waals surface area contributed by atoms with Gasteiger partial charge in [0.15, 0.2) is 0 Å². The predicted octanol–water partition coefficient (Wildman–Crippen LogP) is 2.31. The highest BCUT2D eigenvalue weighted by molar-refractivity contribution is 7.79. The SMILES string of the molecule is S=CC=C(Cl)Cl. The first-order chi connectivity index (χ1) is 2.77. The molecule has 0 bridgehead atoms. The average Bonchev–Trinajstić information content (AvgIpc) is 1.35. The monoisotopic (exact) mass is 140 g/mol. The van der Waals surface area contributed by atoms with E-state index in [0.29, 0.717) is 0 Å². The lowest BCUT2D eigenvalue weighted by Crippen LogP contribution is -1.51. The highest BCUT2D eigenvalue weighted by Gasteiger charge is 1.71. The molecule has 0 unspecified atom stereocenters. The summed E-state index contributed by atoms with van der Waals surface area (Å²) in [5, 5.41) is 1.36. The van der Waals surface area contributed by atoms with E-state index in [0.717, 1.165) is 0 Å². The van der Waals surface area contributed by atoms with Crippen molar-refractivity contribution in [1.82, 2.24) is 0 Å². The van der Waals surface area contributed by atoms with Crippen molar-refractivity contribution >= 4 is 40.8 Å². The second-order valence-corrected chi connectivity index (χ2v) is 1.87. The zero-order chi connectivity index (χ0) is 4.99. The molecular weight excluding hydrogens is 139 g/mol. The second-order valence-electron chi connectivity index (χ2n) is 0.592. The topological polar surface area (TPSA) is 0 Å². The molecule has 3 heteroatoms. The van der Waals surface area contributed by atoms with Crippen molar-refractivity contribution in [3.63, 3.8) is 0 Å². The van der Waals surface area contributed by atoms with E-state index in [9.17, 15) is 0 Å². The van der Waals surface area contributed by atoms with Crippen LogP contribution >= 0.6 is 35.4 Å². The molecule has 0 aliphatic heterocycles. The lowest BCUT2D eigenvalue weighted by atomic mass is 10.8. The molecule has 0 aliphatic rings. The molecule has 0 aliphatic carbocycles. The van der Waals surface area contributed by atoms with Gasteiger partial charge in [-0.25, -0.2) is 0 Å². The van der Waals surface area contributed by atoms with E-state index in [1.54, 1.807) is 0 Å². The van der Waals surface area contributed by atoms with Crippen molar-refractivity contribution in [3.05, 3.63) is 10.6 Å². The molecule has 34 valence electrons. The molecular formula is C3H2Cl2S. The molecule has 0 heterocycles. The minimum absolute atomic E-state index is 0.199. The molecule has 0 rings (SSSR count). The molecule has 0 nitrogen and oxygen atoms in total. The first kappa shape index (κ1) is 6.41. The molecule has 0 spiro atoms. The van der Waals surface area contributed by atoms with Crippen LogP contribution in [0.4, 0.5) is 0 Å². The fourth-order valence-electron chi connectivity index (χ4n) is 0.0514. The quantitative estimate of drug-likeness (QED) is 0.398. The van der Waals surface area contributed by atoms with Crippen molar-refractivity contribution in [1.29, 1.82) is 0 Å². The summed E-state index contributed by atoms with van der Waals surface area (Å²) < 4.78 is 0.199. The summed E-state index contributed by atoms with van der Waals surface area (Å²) in [6.07, 6.45) is 1.43. The zero-order valence-corrected chi connectivity index (χ0v) is 5.15. The third kappa shape index (κ3) is 4.41. The second kappa shape index (κ2) is 3.59. The summed E-state index contributed by atoms with van der Waals surface area (Å²) in [7, 11) is 0. The molecule has 0 saturated carbocycles. The fourth-order valence-corrected chi connectivity index (χ4v) is 0.463. The molecule has 6 heavy (non-hydrogen) atoms. The van der Waals surface area contributed by atoms with Gasteiger partial charge < -0.3 is 0 Å². The lowest BCUT2D eigenvalue weighted by molar-refractivity contribution is 2.32. The number of halogens is 2. The Morgan fingerprint density at radius 3 is 2.00 bits per heavy atom. The number of rotatable bonds is 1. The molecule has 0 aromatic carbocycles. The lowest BCUT2D eigenvalue weighted by Gasteiger charge is -1.68. The highest BCUT2D eigenvalue weighted by Crippen LogP contribution is 2.03. The number of thiocarbonyl (C=S) groups is 1. The van der Waals surface area contributed by atoms with Gasteiger partial charge in [0.2, 0.25) is 0 Å². The van der Waals surface area contributed by atoms with E-state index in [4.69, 9.17) is 23.2 Å². The fraction of sp³-hybridized carbons (Fsp3) is 0. The van der Waals surface area contributed by atoms with Crippen LogP contribution in [0.2, 0.25) is 0 Å². The van der Waals surface area contributed by atoms with Gasteiger partial charge in [-0.1, -0.05) is 35.4 Å². The van der Waals surface area contributed by atoms with Gasteiger partial charge in [-0.05, 0) is 6.08 Å². The molecule has 0 atom stereocenters. The third-order valence-corrected chi connectivity index (χ3v) is 0.582. The summed E-state index contributed by atoms with van der Waals surface area (Å²) >= 11 is 14.6. The Morgan fingerprint density at radius 2 is 2.00 bits per heavy atom.